The fourth-order valence-electron chi connectivity index (χ4n) is 1.95. The minimum Gasteiger partial charge on any atom is -0.393 e. The molecule has 0 aliphatic carbocycles. The molecule has 16 heavy (non-hydrogen) atoms. The maximum absolute atomic E-state index is 9.66. The molecule has 1 unspecified atom stereocenters. The van der Waals surface area contributed by atoms with Gasteiger partial charge in [0.2, 0.25) is 0 Å². The van der Waals surface area contributed by atoms with Gasteiger partial charge in [0, 0.05) is 0 Å². The maximum atomic E-state index is 9.66. The number of unbranched alkanes of at least 4 members (excludes halogenated alkanes) is 7. The molecule has 0 aromatic rings. The molecule has 0 spiro atoms. The van der Waals surface area contributed by atoms with Crippen LogP contribution >= 0.6 is 0 Å². The Hall–Kier alpha value is -0.300. The van der Waals surface area contributed by atoms with Crippen LogP contribution in [0.2, 0.25) is 0 Å². The van der Waals surface area contributed by atoms with E-state index in [9.17, 15) is 5.11 Å². The molecule has 1 nitrogen and oxygen atoms in total. The quantitative estimate of drug-likeness (QED) is 0.479. The molecule has 0 aliphatic heterocycles. The van der Waals surface area contributed by atoms with Gasteiger partial charge in [-0.25, -0.2) is 0 Å². The average molecular weight is 225 g/mol. The van der Waals surface area contributed by atoms with Crippen molar-refractivity contribution in [2.24, 2.45) is 0 Å². The van der Waals surface area contributed by atoms with Crippen molar-refractivity contribution in [3.63, 3.8) is 0 Å². The largest absolute Gasteiger partial charge is 0.393 e. The second kappa shape index (κ2) is 12.8. The van der Waals surface area contributed by atoms with Gasteiger partial charge in [0.25, 0.3) is 0 Å². The maximum Gasteiger partial charge on any atom is 0.0540 e. The highest BCUT2D eigenvalue weighted by atomic mass is 16.3. The predicted molar refractivity (Wildman–Crippen MR) is 71.3 cm³/mol. The topological polar surface area (TPSA) is 20.2 Å². The van der Waals surface area contributed by atoms with Crippen molar-refractivity contribution in [2.45, 2.75) is 83.7 Å². The number of aliphatic hydroxyl groups is 1. The molecule has 0 bridgehead atoms. The molecule has 95 valence electrons. The molecular formula is C15H29O. The van der Waals surface area contributed by atoms with E-state index in [0.717, 1.165) is 25.7 Å². The van der Waals surface area contributed by atoms with Crippen LogP contribution in [-0.2, 0) is 0 Å². The number of hydrogen-bond acceptors (Lipinski definition) is 1. The Balaban J connectivity index is 3.08. The van der Waals surface area contributed by atoms with Gasteiger partial charge in [-0.15, -0.1) is 0 Å². The third-order valence-electron chi connectivity index (χ3n) is 3.05. The van der Waals surface area contributed by atoms with Crippen molar-refractivity contribution < 1.29 is 5.11 Å². The van der Waals surface area contributed by atoms with E-state index in [-0.39, 0.29) is 6.10 Å². The first-order valence-corrected chi connectivity index (χ1v) is 7.02. The second-order valence-corrected chi connectivity index (χ2v) is 4.73. The van der Waals surface area contributed by atoms with Crippen LogP contribution in [0.1, 0.15) is 77.6 Å². The molecule has 0 aliphatic rings. The average Bonchev–Trinajstić information content (AvgIpc) is 2.28. The van der Waals surface area contributed by atoms with Gasteiger partial charge in [0.1, 0.15) is 0 Å². The number of allylic oxidation sites excluding steroid dienone is 1. The minimum atomic E-state index is -0.101. The molecule has 0 fully saturated rings. The molecule has 0 saturated heterocycles. The van der Waals surface area contributed by atoms with Crippen LogP contribution in [0.4, 0.5) is 0 Å². The highest BCUT2D eigenvalue weighted by molar-refractivity contribution is 4.64. The van der Waals surface area contributed by atoms with Gasteiger partial charge in [-0.3, -0.25) is 0 Å². The summed E-state index contributed by atoms with van der Waals surface area (Å²) in [5.74, 6) is 0. The molecule has 1 radical (unpaired) electrons. The van der Waals surface area contributed by atoms with Crippen LogP contribution in [0.3, 0.4) is 0 Å². The van der Waals surface area contributed by atoms with Crippen molar-refractivity contribution in [3.05, 3.63) is 12.7 Å². The Labute approximate surface area is 102 Å². The van der Waals surface area contributed by atoms with Crippen LogP contribution in [0, 0.1) is 6.58 Å². The van der Waals surface area contributed by atoms with Crippen molar-refractivity contribution in [3.8, 4) is 0 Å². The van der Waals surface area contributed by atoms with Gasteiger partial charge in [-0.05, 0) is 25.7 Å². The van der Waals surface area contributed by atoms with E-state index in [1.807, 2.05) is 0 Å². The van der Waals surface area contributed by atoms with Crippen molar-refractivity contribution in [1.82, 2.24) is 0 Å². The molecule has 1 atom stereocenters. The van der Waals surface area contributed by atoms with E-state index in [4.69, 9.17) is 6.58 Å². The monoisotopic (exact) mass is 225 g/mol. The fourth-order valence-corrected chi connectivity index (χ4v) is 1.95. The fraction of sp³-hybridized carbons (Fsp3) is 0.867. The number of aliphatic hydroxyl groups excluding tert-OH is 1. The van der Waals surface area contributed by atoms with E-state index in [1.54, 1.807) is 6.08 Å². The van der Waals surface area contributed by atoms with Gasteiger partial charge in [-0.2, -0.15) is 0 Å². The van der Waals surface area contributed by atoms with E-state index >= 15 is 0 Å². The van der Waals surface area contributed by atoms with Crippen LogP contribution in [0.15, 0.2) is 6.08 Å². The zero-order valence-electron chi connectivity index (χ0n) is 11.0. The summed E-state index contributed by atoms with van der Waals surface area (Å²) in [6, 6.07) is 0. The Morgan fingerprint density at radius 1 is 0.938 bits per heavy atom. The Kier molecular flexibility index (Phi) is 12.5. The van der Waals surface area contributed by atoms with Gasteiger partial charge in [-0.1, -0.05) is 64.5 Å². The molecule has 0 saturated carbocycles. The molecule has 0 aromatic carbocycles. The highest BCUT2D eigenvalue weighted by Gasteiger charge is 2.02. The number of hydrogen-bond donors (Lipinski definition) is 1. The first-order chi connectivity index (χ1) is 7.81. The highest BCUT2D eigenvalue weighted by Crippen LogP contribution is 2.12. The van der Waals surface area contributed by atoms with Gasteiger partial charge >= 0.3 is 0 Å². The lowest BCUT2D eigenvalue weighted by atomic mass is 10.0. The summed E-state index contributed by atoms with van der Waals surface area (Å²) in [5, 5.41) is 9.66. The van der Waals surface area contributed by atoms with Crippen LogP contribution in [0.5, 0.6) is 0 Å². The lowest BCUT2D eigenvalue weighted by Crippen LogP contribution is -2.05. The van der Waals surface area contributed by atoms with Crippen molar-refractivity contribution in [2.75, 3.05) is 0 Å². The van der Waals surface area contributed by atoms with E-state index in [0.29, 0.717) is 0 Å². The lowest BCUT2D eigenvalue weighted by molar-refractivity contribution is 0.148. The van der Waals surface area contributed by atoms with Crippen molar-refractivity contribution in [1.29, 1.82) is 0 Å². The molecule has 1 N–H and O–H groups in total. The summed E-state index contributed by atoms with van der Waals surface area (Å²) in [7, 11) is 0. The Morgan fingerprint density at radius 3 is 2.12 bits per heavy atom. The first kappa shape index (κ1) is 15.7. The molecular weight excluding hydrogens is 196 g/mol. The summed E-state index contributed by atoms with van der Waals surface area (Å²) in [6.45, 7) is 7.53. The van der Waals surface area contributed by atoms with Gasteiger partial charge in [0.05, 0.1) is 6.10 Å². The van der Waals surface area contributed by atoms with Crippen molar-refractivity contribution >= 4 is 0 Å². The zero-order valence-corrected chi connectivity index (χ0v) is 11.0. The summed E-state index contributed by atoms with van der Waals surface area (Å²) in [5.41, 5.74) is 0. The third-order valence-corrected chi connectivity index (χ3v) is 3.05. The molecule has 0 amide bonds. The summed E-state index contributed by atoms with van der Waals surface area (Å²) in [4.78, 5) is 0. The molecule has 0 heterocycles. The summed E-state index contributed by atoms with van der Waals surface area (Å²) < 4.78 is 0. The Morgan fingerprint density at radius 2 is 1.50 bits per heavy atom. The van der Waals surface area contributed by atoms with Crippen LogP contribution in [-0.4, -0.2) is 11.2 Å². The van der Waals surface area contributed by atoms with Crippen LogP contribution in [0.25, 0.3) is 0 Å². The Bertz CT molecular complexity index is 142. The number of rotatable bonds is 12. The first-order valence-electron chi connectivity index (χ1n) is 7.02. The third kappa shape index (κ3) is 11.8. The van der Waals surface area contributed by atoms with E-state index < -0.39 is 0 Å². The standard InChI is InChI=1S/C15H29O/c1-3-5-7-8-9-10-12-14-15(16)13-11-6-4-2/h2,4,15-16H,3,5-14H2,1H3. The smallest absolute Gasteiger partial charge is 0.0540 e. The normalized spacial score (nSPS) is 12.6. The SMILES string of the molecule is [CH]=CCCCC(O)CCCCCCCCC. The van der Waals surface area contributed by atoms with Gasteiger partial charge in [0.15, 0.2) is 0 Å². The zero-order chi connectivity index (χ0) is 12.1. The van der Waals surface area contributed by atoms with E-state index in [1.165, 1.54) is 44.9 Å². The predicted octanol–water partition coefficient (Wildman–Crippen LogP) is 4.65. The lowest BCUT2D eigenvalue weighted by Gasteiger charge is -2.09. The van der Waals surface area contributed by atoms with Gasteiger partial charge < -0.3 is 5.11 Å². The molecule has 0 aromatic heterocycles. The summed E-state index contributed by atoms with van der Waals surface area (Å²) in [6.07, 6.45) is 14.6. The summed E-state index contributed by atoms with van der Waals surface area (Å²) >= 11 is 0. The molecule has 0 rings (SSSR count). The van der Waals surface area contributed by atoms with E-state index in [2.05, 4.69) is 6.92 Å². The minimum absolute atomic E-state index is 0.101. The van der Waals surface area contributed by atoms with Crippen LogP contribution < -0.4 is 0 Å². The second-order valence-electron chi connectivity index (χ2n) is 4.73. The molecule has 1 heteroatoms.